The fourth-order valence-corrected chi connectivity index (χ4v) is 2.84. The van der Waals surface area contributed by atoms with E-state index < -0.39 is 0 Å². The van der Waals surface area contributed by atoms with E-state index in [9.17, 15) is 0 Å². The van der Waals surface area contributed by atoms with E-state index in [2.05, 4.69) is 20.1 Å². The first kappa shape index (κ1) is 14.1. The lowest BCUT2D eigenvalue weighted by Gasteiger charge is -2.30. The molecule has 3 rings (SSSR count). The lowest BCUT2D eigenvalue weighted by molar-refractivity contribution is 0.191. The number of aromatic nitrogens is 3. The van der Waals surface area contributed by atoms with E-state index in [1.54, 1.807) is 6.33 Å². The monoisotopic (exact) mass is 286 g/mol. The van der Waals surface area contributed by atoms with Crippen molar-refractivity contribution >= 4 is 0 Å². The molecule has 0 radical (unpaired) electrons. The molecule has 0 unspecified atom stereocenters. The van der Waals surface area contributed by atoms with E-state index in [1.807, 2.05) is 30.3 Å². The molecule has 1 fully saturated rings. The molecule has 1 aliphatic heterocycles. The molecule has 1 aliphatic rings. The van der Waals surface area contributed by atoms with Crippen molar-refractivity contribution in [3.8, 4) is 5.75 Å². The quantitative estimate of drug-likeness (QED) is 0.829. The topological polar surface area (TPSA) is 54.0 Å². The highest BCUT2D eigenvalue weighted by atomic mass is 16.5. The Morgan fingerprint density at radius 2 is 2.00 bits per heavy atom. The number of rotatable bonds is 6. The maximum atomic E-state index is 5.73. The third-order valence-corrected chi connectivity index (χ3v) is 4.04. The first-order valence-electron chi connectivity index (χ1n) is 7.67. The maximum absolute atomic E-state index is 5.73. The normalized spacial score (nSPS) is 17.0. The van der Waals surface area contributed by atoms with Gasteiger partial charge in [-0.25, -0.2) is 4.98 Å². The van der Waals surface area contributed by atoms with Crippen molar-refractivity contribution in [3.63, 3.8) is 0 Å². The molecule has 5 heteroatoms. The minimum atomic E-state index is 0.546. The fraction of sp³-hybridized carbons (Fsp3) is 0.500. The van der Waals surface area contributed by atoms with Crippen molar-refractivity contribution in [2.24, 2.45) is 0 Å². The predicted octanol–water partition coefficient (Wildman–Crippen LogP) is 2.45. The molecule has 1 saturated heterocycles. The Labute approximate surface area is 125 Å². The van der Waals surface area contributed by atoms with Gasteiger partial charge in [0.15, 0.2) is 0 Å². The van der Waals surface area contributed by atoms with Gasteiger partial charge < -0.3 is 9.64 Å². The van der Waals surface area contributed by atoms with Gasteiger partial charge in [0.25, 0.3) is 0 Å². The van der Waals surface area contributed by atoms with Crippen molar-refractivity contribution < 1.29 is 4.74 Å². The van der Waals surface area contributed by atoms with Crippen LogP contribution in [0.1, 0.15) is 31.0 Å². The molecule has 2 heterocycles. The summed E-state index contributed by atoms with van der Waals surface area (Å²) in [5.41, 5.74) is 0. The summed E-state index contributed by atoms with van der Waals surface area (Å²) in [5.74, 6) is 2.55. The maximum Gasteiger partial charge on any atom is 0.137 e. The Morgan fingerprint density at radius 1 is 1.19 bits per heavy atom. The third-order valence-electron chi connectivity index (χ3n) is 4.04. The van der Waals surface area contributed by atoms with E-state index >= 15 is 0 Å². The minimum Gasteiger partial charge on any atom is -0.494 e. The second-order valence-corrected chi connectivity index (χ2v) is 5.50. The molecule has 21 heavy (non-hydrogen) atoms. The van der Waals surface area contributed by atoms with Crippen LogP contribution in [0.5, 0.6) is 5.75 Å². The van der Waals surface area contributed by atoms with Gasteiger partial charge in [-0.3, -0.25) is 5.10 Å². The van der Waals surface area contributed by atoms with Gasteiger partial charge in [-0.2, -0.15) is 5.10 Å². The second-order valence-electron chi connectivity index (χ2n) is 5.50. The summed E-state index contributed by atoms with van der Waals surface area (Å²) in [6.45, 7) is 4.16. The molecule has 1 aromatic carbocycles. The number of H-pyrrole nitrogens is 1. The van der Waals surface area contributed by atoms with Crippen LogP contribution in [0.2, 0.25) is 0 Å². The van der Waals surface area contributed by atoms with Crippen LogP contribution in [0, 0.1) is 0 Å². The minimum absolute atomic E-state index is 0.546. The summed E-state index contributed by atoms with van der Waals surface area (Å²) >= 11 is 0. The van der Waals surface area contributed by atoms with Crippen molar-refractivity contribution in [2.45, 2.75) is 25.2 Å². The number of piperidine rings is 1. The fourth-order valence-electron chi connectivity index (χ4n) is 2.84. The molecule has 0 spiro atoms. The lowest BCUT2D eigenvalue weighted by atomic mass is 9.96. The van der Waals surface area contributed by atoms with Crippen LogP contribution in [-0.4, -0.2) is 46.3 Å². The van der Waals surface area contributed by atoms with Crippen molar-refractivity contribution in [2.75, 3.05) is 26.2 Å². The van der Waals surface area contributed by atoms with E-state index in [1.165, 1.54) is 0 Å². The number of para-hydroxylation sites is 1. The van der Waals surface area contributed by atoms with Crippen LogP contribution < -0.4 is 4.74 Å². The molecule has 5 nitrogen and oxygen atoms in total. The largest absolute Gasteiger partial charge is 0.494 e. The van der Waals surface area contributed by atoms with Gasteiger partial charge in [-0.15, -0.1) is 0 Å². The van der Waals surface area contributed by atoms with E-state index in [4.69, 9.17) is 4.74 Å². The molecule has 112 valence electrons. The number of hydrogen-bond donors (Lipinski definition) is 1. The third kappa shape index (κ3) is 4.04. The van der Waals surface area contributed by atoms with Crippen LogP contribution in [0.15, 0.2) is 36.7 Å². The number of ether oxygens (including phenoxy) is 1. The SMILES string of the molecule is c1ccc(OCCCN2CCC(c3ncn[nH]3)CC2)cc1. The van der Waals surface area contributed by atoms with Gasteiger partial charge in [0.05, 0.1) is 6.61 Å². The van der Waals surface area contributed by atoms with Crippen molar-refractivity contribution in [3.05, 3.63) is 42.5 Å². The number of benzene rings is 1. The van der Waals surface area contributed by atoms with Crippen LogP contribution in [0.25, 0.3) is 0 Å². The van der Waals surface area contributed by atoms with Crippen LogP contribution in [0.4, 0.5) is 0 Å². The summed E-state index contributed by atoms with van der Waals surface area (Å²) in [7, 11) is 0. The Bertz CT molecular complexity index is 506. The van der Waals surface area contributed by atoms with Crippen molar-refractivity contribution in [1.82, 2.24) is 20.1 Å². The van der Waals surface area contributed by atoms with E-state index in [0.29, 0.717) is 5.92 Å². The number of likely N-dealkylation sites (tertiary alicyclic amines) is 1. The molecular formula is C16H22N4O. The highest BCUT2D eigenvalue weighted by molar-refractivity contribution is 5.20. The second kappa shape index (κ2) is 7.22. The smallest absolute Gasteiger partial charge is 0.137 e. The van der Waals surface area contributed by atoms with Gasteiger partial charge in [-0.05, 0) is 44.5 Å². The molecule has 1 N–H and O–H groups in total. The molecule has 2 aromatic rings. The summed E-state index contributed by atoms with van der Waals surface area (Å²) in [4.78, 5) is 6.78. The summed E-state index contributed by atoms with van der Waals surface area (Å²) in [5, 5.41) is 6.93. The van der Waals surface area contributed by atoms with Gasteiger partial charge in [-0.1, -0.05) is 18.2 Å². The highest BCUT2D eigenvalue weighted by Crippen LogP contribution is 2.24. The molecule has 0 atom stereocenters. The number of nitrogens with zero attached hydrogens (tertiary/aromatic N) is 3. The Morgan fingerprint density at radius 3 is 2.71 bits per heavy atom. The van der Waals surface area contributed by atoms with Crippen LogP contribution in [0.3, 0.4) is 0 Å². The van der Waals surface area contributed by atoms with Gasteiger partial charge in [0.1, 0.15) is 17.9 Å². The molecule has 0 saturated carbocycles. The predicted molar refractivity (Wildman–Crippen MR) is 81.4 cm³/mol. The lowest BCUT2D eigenvalue weighted by Crippen LogP contribution is -2.34. The Hall–Kier alpha value is -1.88. The summed E-state index contributed by atoms with van der Waals surface area (Å²) < 4.78 is 5.73. The molecular weight excluding hydrogens is 264 g/mol. The van der Waals surface area contributed by atoms with Gasteiger partial charge in [0.2, 0.25) is 0 Å². The van der Waals surface area contributed by atoms with Crippen LogP contribution in [-0.2, 0) is 0 Å². The average Bonchev–Trinajstić information content (AvgIpc) is 3.08. The molecule has 1 aromatic heterocycles. The number of nitrogens with one attached hydrogen (secondary N) is 1. The average molecular weight is 286 g/mol. The first-order chi connectivity index (χ1) is 10.4. The van der Waals surface area contributed by atoms with Gasteiger partial charge in [0, 0.05) is 12.5 Å². The zero-order valence-electron chi connectivity index (χ0n) is 12.2. The number of hydrogen-bond acceptors (Lipinski definition) is 4. The zero-order chi connectivity index (χ0) is 14.3. The van der Waals surface area contributed by atoms with Gasteiger partial charge >= 0.3 is 0 Å². The van der Waals surface area contributed by atoms with Crippen molar-refractivity contribution in [1.29, 1.82) is 0 Å². The molecule has 0 aliphatic carbocycles. The molecule has 0 amide bonds. The summed E-state index contributed by atoms with van der Waals surface area (Å²) in [6, 6.07) is 10.0. The van der Waals surface area contributed by atoms with E-state index in [-0.39, 0.29) is 0 Å². The highest BCUT2D eigenvalue weighted by Gasteiger charge is 2.21. The molecule has 0 bridgehead atoms. The first-order valence-corrected chi connectivity index (χ1v) is 7.67. The standard InChI is InChI=1S/C16H22N4O/c1-2-5-15(6-3-1)21-12-4-9-20-10-7-14(8-11-20)16-17-13-18-19-16/h1-3,5-6,13-14H,4,7-12H2,(H,17,18,19). The summed E-state index contributed by atoms with van der Waals surface area (Å²) in [6.07, 6.45) is 4.99. The zero-order valence-corrected chi connectivity index (χ0v) is 12.2. The Kier molecular flexibility index (Phi) is 4.84. The van der Waals surface area contributed by atoms with Crippen LogP contribution >= 0.6 is 0 Å². The Balaban J connectivity index is 1.33. The van der Waals surface area contributed by atoms with E-state index in [0.717, 1.165) is 57.1 Å². The number of aromatic amines is 1.